The zero-order valence-electron chi connectivity index (χ0n) is 13.5. The van der Waals surface area contributed by atoms with Gasteiger partial charge in [-0.1, -0.05) is 37.0 Å². The van der Waals surface area contributed by atoms with Crippen molar-refractivity contribution in [3.8, 4) is 0 Å². The molecule has 120 valence electrons. The first-order chi connectivity index (χ1) is 11.2. The van der Waals surface area contributed by atoms with Crippen LogP contribution >= 0.6 is 0 Å². The minimum atomic E-state index is 0.532. The summed E-state index contributed by atoms with van der Waals surface area (Å²) >= 11 is 0. The number of aromatic amines is 1. The SMILES string of the molecule is Cc1ccc(N2CN(C3CCCCC3)c3[nH]ncc3C2=N)cc1. The summed E-state index contributed by atoms with van der Waals surface area (Å²) in [6, 6.07) is 8.97. The van der Waals surface area contributed by atoms with Gasteiger partial charge in [-0.05, 0) is 31.9 Å². The van der Waals surface area contributed by atoms with Gasteiger partial charge in [0.05, 0.1) is 18.4 Å². The van der Waals surface area contributed by atoms with Crippen LogP contribution in [-0.2, 0) is 0 Å². The van der Waals surface area contributed by atoms with E-state index in [0.717, 1.165) is 23.7 Å². The maximum Gasteiger partial charge on any atom is 0.139 e. The fraction of sp³-hybridized carbons (Fsp3) is 0.444. The maximum atomic E-state index is 8.58. The van der Waals surface area contributed by atoms with Crippen LogP contribution in [0.3, 0.4) is 0 Å². The molecule has 0 amide bonds. The molecule has 1 saturated carbocycles. The number of nitrogens with one attached hydrogen (secondary N) is 2. The third kappa shape index (κ3) is 2.50. The summed E-state index contributed by atoms with van der Waals surface area (Å²) in [5, 5.41) is 15.9. The molecule has 2 heterocycles. The molecule has 1 fully saturated rings. The van der Waals surface area contributed by atoms with Crippen molar-refractivity contribution < 1.29 is 0 Å². The Kier molecular flexibility index (Phi) is 3.56. The smallest absolute Gasteiger partial charge is 0.139 e. The van der Waals surface area contributed by atoms with Crippen LogP contribution in [0, 0.1) is 12.3 Å². The highest BCUT2D eigenvalue weighted by atomic mass is 15.4. The molecule has 0 spiro atoms. The third-order valence-corrected chi connectivity index (χ3v) is 5.09. The third-order valence-electron chi connectivity index (χ3n) is 5.09. The number of aromatic nitrogens is 2. The van der Waals surface area contributed by atoms with Gasteiger partial charge in [-0.25, -0.2) is 0 Å². The topological polar surface area (TPSA) is 59.0 Å². The Morgan fingerprint density at radius 3 is 2.61 bits per heavy atom. The van der Waals surface area contributed by atoms with Crippen LogP contribution in [0.1, 0.15) is 43.2 Å². The summed E-state index contributed by atoms with van der Waals surface area (Å²) in [6.07, 6.45) is 8.19. The fourth-order valence-electron chi connectivity index (χ4n) is 3.74. The molecular formula is C18H23N5. The van der Waals surface area contributed by atoms with Crippen molar-refractivity contribution in [1.82, 2.24) is 10.2 Å². The van der Waals surface area contributed by atoms with Crippen molar-refractivity contribution in [3.63, 3.8) is 0 Å². The predicted molar refractivity (Wildman–Crippen MR) is 93.3 cm³/mol. The second kappa shape index (κ2) is 5.72. The highest BCUT2D eigenvalue weighted by Gasteiger charge is 2.33. The zero-order valence-corrected chi connectivity index (χ0v) is 13.5. The second-order valence-corrected chi connectivity index (χ2v) is 6.65. The van der Waals surface area contributed by atoms with E-state index < -0.39 is 0 Å². The van der Waals surface area contributed by atoms with Gasteiger partial charge in [0, 0.05) is 11.7 Å². The second-order valence-electron chi connectivity index (χ2n) is 6.65. The van der Waals surface area contributed by atoms with Gasteiger partial charge < -0.3 is 9.80 Å². The molecule has 0 radical (unpaired) electrons. The number of benzene rings is 1. The summed E-state index contributed by atoms with van der Waals surface area (Å²) < 4.78 is 0. The summed E-state index contributed by atoms with van der Waals surface area (Å²) in [5.41, 5.74) is 3.22. The highest BCUT2D eigenvalue weighted by molar-refractivity contribution is 6.12. The van der Waals surface area contributed by atoms with Gasteiger partial charge in [0.15, 0.2) is 0 Å². The summed E-state index contributed by atoms with van der Waals surface area (Å²) in [7, 11) is 0. The Balaban J connectivity index is 1.70. The van der Waals surface area contributed by atoms with Crippen molar-refractivity contribution in [2.45, 2.75) is 45.1 Å². The number of aryl methyl sites for hydroxylation is 1. The molecule has 0 bridgehead atoms. The van der Waals surface area contributed by atoms with Gasteiger partial charge in [-0.3, -0.25) is 10.5 Å². The fourth-order valence-corrected chi connectivity index (χ4v) is 3.74. The van der Waals surface area contributed by atoms with E-state index in [0.29, 0.717) is 11.9 Å². The number of nitrogens with zero attached hydrogens (tertiary/aromatic N) is 3. The molecule has 5 nitrogen and oxygen atoms in total. The van der Waals surface area contributed by atoms with E-state index in [1.165, 1.54) is 37.7 Å². The lowest BCUT2D eigenvalue weighted by Crippen LogP contribution is -2.51. The van der Waals surface area contributed by atoms with E-state index in [-0.39, 0.29) is 0 Å². The molecule has 0 saturated heterocycles. The van der Waals surface area contributed by atoms with Crippen molar-refractivity contribution in [3.05, 3.63) is 41.6 Å². The Bertz CT molecular complexity index is 696. The molecule has 23 heavy (non-hydrogen) atoms. The predicted octanol–water partition coefficient (Wildman–Crippen LogP) is 3.66. The number of hydrogen-bond acceptors (Lipinski definition) is 3. The average molecular weight is 309 g/mol. The number of anilines is 2. The van der Waals surface area contributed by atoms with E-state index in [1.54, 1.807) is 6.20 Å². The molecule has 5 heteroatoms. The van der Waals surface area contributed by atoms with Gasteiger partial charge in [0.25, 0.3) is 0 Å². The lowest BCUT2D eigenvalue weighted by atomic mass is 9.93. The Labute approximate surface area is 136 Å². The monoisotopic (exact) mass is 309 g/mol. The quantitative estimate of drug-likeness (QED) is 0.890. The van der Waals surface area contributed by atoms with Crippen LogP contribution in [-0.4, -0.2) is 28.7 Å². The Morgan fingerprint density at radius 2 is 1.87 bits per heavy atom. The molecule has 4 rings (SSSR count). The number of fused-ring (bicyclic) bond motifs is 1. The Hall–Kier alpha value is -2.30. The van der Waals surface area contributed by atoms with Crippen LogP contribution < -0.4 is 9.80 Å². The molecule has 2 aromatic rings. The number of hydrogen-bond donors (Lipinski definition) is 2. The van der Waals surface area contributed by atoms with E-state index in [9.17, 15) is 0 Å². The minimum Gasteiger partial charge on any atom is -0.335 e. The van der Waals surface area contributed by atoms with Crippen LogP contribution in [0.25, 0.3) is 0 Å². The molecule has 1 aliphatic carbocycles. The van der Waals surface area contributed by atoms with Crippen LogP contribution in [0.5, 0.6) is 0 Å². The molecule has 2 aliphatic rings. The normalized spacial score (nSPS) is 19.1. The molecule has 0 unspecified atom stereocenters. The van der Waals surface area contributed by atoms with Gasteiger partial charge in [-0.15, -0.1) is 0 Å². The van der Waals surface area contributed by atoms with Crippen molar-refractivity contribution in [2.75, 3.05) is 16.5 Å². The number of rotatable bonds is 2. The lowest BCUT2D eigenvalue weighted by molar-refractivity contribution is 0.413. The summed E-state index contributed by atoms with van der Waals surface area (Å²) in [5.74, 6) is 1.55. The Morgan fingerprint density at radius 1 is 1.13 bits per heavy atom. The van der Waals surface area contributed by atoms with Gasteiger partial charge in [0.1, 0.15) is 11.7 Å². The van der Waals surface area contributed by atoms with E-state index in [2.05, 4.69) is 51.2 Å². The van der Waals surface area contributed by atoms with E-state index in [1.807, 2.05) is 0 Å². The highest BCUT2D eigenvalue weighted by Crippen LogP contribution is 2.33. The zero-order chi connectivity index (χ0) is 15.8. The maximum absolute atomic E-state index is 8.58. The van der Waals surface area contributed by atoms with Gasteiger partial charge in [0.2, 0.25) is 0 Å². The average Bonchev–Trinajstić information content (AvgIpc) is 3.07. The summed E-state index contributed by atoms with van der Waals surface area (Å²) in [6.45, 7) is 2.82. The standard InChI is InChI=1S/C18H23N5/c1-13-7-9-15(10-8-13)22-12-23(14-5-3-2-4-6-14)18-16(17(22)19)11-20-21-18/h7-11,14,19H,2-6,12H2,1H3,(H,20,21). The number of H-pyrrole nitrogens is 1. The first kappa shape index (κ1) is 14.3. The number of amidine groups is 1. The minimum absolute atomic E-state index is 0.532. The first-order valence-corrected chi connectivity index (χ1v) is 8.47. The molecular weight excluding hydrogens is 286 g/mol. The van der Waals surface area contributed by atoms with Crippen molar-refractivity contribution in [1.29, 1.82) is 5.41 Å². The first-order valence-electron chi connectivity index (χ1n) is 8.47. The summed E-state index contributed by atoms with van der Waals surface area (Å²) in [4.78, 5) is 4.51. The van der Waals surface area contributed by atoms with Crippen molar-refractivity contribution >= 4 is 17.3 Å². The van der Waals surface area contributed by atoms with Crippen LogP contribution in [0.2, 0.25) is 0 Å². The van der Waals surface area contributed by atoms with Crippen LogP contribution in [0.15, 0.2) is 30.5 Å². The van der Waals surface area contributed by atoms with E-state index in [4.69, 9.17) is 5.41 Å². The van der Waals surface area contributed by atoms with Crippen molar-refractivity contribution in [2.24, 2.45) is 0 Å². The molecule has 1 aromatic heterocycles. The molecule has 1 aliphatic heterocycles. The van der Waals surface area contributed by atoms with E-state index >= 15 is 0 Å². The van der Waals surface area contributed by atoms with Crippen LogP contribution in [0.4, 0.5) is 11.5 Å². The molecule has 2 N–H and O–H groups in total. The van der Waals surface area contributed by atoms with Gasteiger partial charge in [-0.2, -0.15) is 5.10 Å². The lowest BCUT2D eigenvalue weighted by Gasteiger charge is -2.43. The molecule has 0 atom stereocenters. The largest absolute Gasteiger partial charge is 0.335 e. The molecule has 1 aromatic carbocycles. The van der Waals surface area contributed by atoms with Gasteiger partial charge >= 0.3 is 0 Å².